The Hall–Kier alpha value is -3.39. The van der Waals surface area contributed by atoms with Crippen molar-refractivity contribution in [3.63, 3.8) is 0 Å². The lowest BCUT2D eigenvalue weighted by molar-refractivity contribution is 0.506. The van der Waals surface area contributed by atoms with Gasteiger partial charge in [0, 0.05) is 23.3 Å². The van der Waals surface area contributed by atoms with Gasteiger partial charge >= 0.3 is 0 Å². The topological polar surface area (TPSA) is 70.3 Å². The molecule has 0 saturated carbocycles. The summed E-state index contributed by atoms with van der Waals surface area (Å²) in [4.78, 5) is 3.26. The van der Waals surface area contributed by atoms with Crippen LogP contribution in [0, 0.1) is 11.3 Å². The zero-order chi connectivity index (χ0) is 16.4. The van der Waals surface area contributed by atoms with Crippen LogP contribution < -0.4 is 0 Å². The molecule has 1 atom stereocenters. The summed E-state index contributed by atoms with van der Waals surface area (Å²) in [5.74, 6) is 0. The first-order valence-corrected chi connectivity index (χ1v) is 7.76. The fraction of sp³-hybridized carbons (Fsp3) is 0.105. The third kappa shape index (κ3) is 2.55. The number of hydrogen-bond acceptors (Lipinski definition) is 3. The summed E-state index contributed by atoms with van der Waals surface area (Å²) in [5, 5.41) is 18.3. The Morgan fingerprint density at radius 2 is 2.00 bits per heavy atom. The number of fused-ring (bicyclic) bond motifs is 1. The van der Waals surface area contributed by atoms with Crippen LogP contribution in [0.4, 0.5) is 0 Å². The van der Waals surface area contributed by atoms with Gasteiger partial charge in [0.25, 0.3) is 0 Å². The smallest absolute Gasteiger partial charge is 0.0991 e. The molecule has 0 amide bonds. The lowest BCUT2D eigenvalue weighted by atomic mass is 9.96. The number of aromatic amines is 1. The molecule has 24 heavy (non-hydrogen) atoms. The van der Waals surface area contributed by atoms with Gasteiger partial charge in [0.1, 0.15) is 0 Å². The molecule has 0 bridgehead atoms. The zero-order valence-corrected chi connectivity index (χ0v) is 12.9. The second-order valence-corrected chi connectivity index (χ2v) is 5.70. The molecule has 0 saturated heterocycles. The number of H-pyrrole nitrogens is 1. The summed E-state index contributed by atoms with van der Waals surface area (Å²) in [5.41, 5.74) is 4.13. The first-order chi connectivity index (χ1) is 11.8. The van der Waals surface area contributed by atoms with Gasteiger partial charge in [-0.15, -0.1) is 5.10 Å². The number of aromatic nitrogens is 4. The van der Waals surface area contributed by atoms with E-state index in [0.29, 0.717) is 5.56 Å². The number of hydrogen-bond donors (Lipinski definition) is 1. The third-order valence-electron chi connectivity index (χ3n) is 4.26. The van der Waals surface area contributed by atoms with E-state index in [4.69, 9.17) is 5.26 Å². The molecule has 2 aromatic carbocycles. The highest BCUT2D eigenvalue weighted by atomic mass is 15.4. The average Bonchev–Trinajstić information content (AvgIpc) is 3.31. The monoisotopic (exact) mass is 313 g/mol. The first-order valence-electron chi connectivity index (χ1n) is 7.76. The molecule has 1 N–H and O–H groups in total. The maximum Gasteiger partial charge on any atom is 0.0991 e. The maximum absolute atomic E-state index is 8.96. The summed E-state index contributed by atoms with van der Waals surface area (Å²) in [6, 6.07) is 18.2. The summed E-state index contributed by atoms with van der Waals surface area (Å²) < 4.78 is 1.89. The quantitative estimate of drug-likeness (QED) is 0.627. The molecule has 0 aliphatic rings. The molecule has 1 unspecified atom stereocenters. The molecule has 5 heteroatoms. The van der Waals surface area contributed by atoms with Gasteiger partial charge < -0.3 is 4.98 Å². The number of nitrogens with one attached hydrogen (secondary N) is 1. The fourth-order valence-electron chi connectivity index (χ4n) is 3.07. The molecule has 4 aromatic rings. The minimum atomic E-state index is 0.0416. The lowest BCUT2D eigenvalue weighted by Crippen LogP contribution is -2.15. The van der Waals surface area contributed by atoms with Crippen LogP contribution in [0.15, 0.2) is 67.1 Å². The summed E-state index contributed by atoms with van der Waals surface area (Å²) in [6.45, 7) is 0. The van der Waals surface area contributed by atoms with Crippen molar-refractivity contribution in [2.24, 2.45) is 0 Å². The molecular formula is C19H15N5. The lowest BCUT2D eigenvalue weighted by Gasteiger charge is -2.19. The summed E-state index contributed by atoms with van der Waals surface area (Å²) in [6.07, 6.45) is 6.32. The molecule has 0 aliphatic carbocycles. The van der Waals surface area contributed by atoms with Crippen LogP contribution in [0.1, 0.15) is 22.7 Å². The van der Waals surface area contributed by atoms with E-state index in [1.54, 1.807) is 6.20 Å². The highest BCUT2D eigenvalue weighted by molar-refractivity contribution is 5.83. The second kappa shape index (κ2) is 6.01. The minimum absolute atomic E-state index is 0.0416. The van der Waals surface area contributed by atoms with Crippen LogP contribution in [0.2, 0.25) is 0 Å². The van der Waals surface area contributed by atoms with Crippen LogP contribution in [0.5, 0.6) is 0 Å². The van der Waals surface area contributed by atoms with Crippen molar-refractivity contribution >= 4 is 10.9 Å². The van der Waals surface area contributed by atoms with E-state index >= 15 is 0 Å². The van der Waals surface area contributed by atoms with Crippen molar-refractivity contribution in [3.05, 3.63) is 83.8 Å². The zero-order valence-electron chi connectivity index (χ0n) is 12.9. The van der Waals surface area contributed by atoms with E-state index in [2.05, 4.69) is 45.6 Å². The first kappa shape index (κ1) is 14.2. The van der Waals surface area contributed by atoms with Gasteiger partial charge in [-0.1, -0.05) is 29.5 Å². The van der Waals surface area contributed by atoms with Crippen LogP contribution in [0.25, 0.3) is 10.9 Å². The Labute approximate surface area is 139 Å². The average molecular weight is 313 g/mol. The highest BCUT2D eigenvalue weighted by Gasteiger charge is 2.18. The highest BCUT2D eigenvalue weighted by Crippen LogP contribution is 2.29. The van der Waals surface area contributed by atoms with Gasteiger partial charge in [-0.3, -0.25) is 0 Å². The van der Waals surface area contributed by atoms with E-state index in [9.17, 15) is 0 Å². The van der Waals surface area contributed by atoms with Crippen molar-refractivity contribution in [1.29, 1.82) is 5.26 Å². The summed E-state index contributed by atoms with van der Waals surface area (Å²) in [7, 11) is 0. The number of rotatable bonds is 4. The second-order valence-electron chi connectivity index (χ2n) is 5.70. The Morgan fingerprint density at radius 1 is 1.12 bits per heavy atom. The van der Waals surface area contributed by atoms with Crippen LogP contribution in [-0.4, -0.2) is 20.0 Å². The molecule has 0 aliphatic heterocycles. The number of nitriles is 1. The number of nitrogens with zero attached hydrogens (tertiary/aromatic N) is 4. The Balaban J connectivity index is 1.77. The van der Waals surface area contributed by atoms with E-state index in [1.165, 1.54) is 10.9 Å². The van der Waals surface area contributed by atoms with E-state index in [-0.39, 0.29) is 6.04 Å². The molecule has 0 radical (unpaired) electrons. The Bertz CT molecular complexity index is 990. The minimum Gasteiger partial charge on any atom is -0.361 e. The third-order valence-corrected chi connectivity index (χ3v) is 4.26. The van der Waals surface area contributed by atoms with Gasteiger partial charge in [-0.2, -0.15) is 5.26 Å². The fourth-order valence-corrected chi connectivity index (χ4v) is 3.07. The predicted octanol–water partition coefficient (Wildman–Crippen LogP) is 3.46. The Morgan fingerprint density at radius 3 is 2.75 bits per heavy atom. The van der Waals surface area contributed by atoms with Gasteiger partial charge in [0.05, 0.1) is 23.9 Å². The maximum atomic E-state index is 8.96. The Kier molecular flexibility index (Phi) is 3.56. The van der Waals surface area contributed by atoms with Crippen molar-refractivity contribution in [3.8, 4) is 6.07 Å². The van der Waals surface area contributed by atoms with Crippen molar-refractivity contribution < 1.29 is 0 Å². The van der Waals surface area contributed by atoms with E-state index in [1.807, 2.05) is 41.3 Å². The van der Waals surface area contributed by atoms with E-state index in [0.717, 1.165) is 17.5 Å². The van der Waals surface area contributed by atoms with Gasteiger partial charge in [0.15, 0.2) is 0 Å². The molecule has 0 spiro atoms. The molecule has 0 fully saturated rings. The molecular weight excluding hydrogens is 298 g/mol. The van der Waals surface area contributed by atoms with Crippen molar-refractivity contribution in [2.45, 2.75) is 12.5 Å². The van der Waals surface area contributed by atoms with Crippen LogP contribution in [0.3, 0.4) is 0 Å². The van der Waals surface area contributed by atoms with Crippen molar-refractivity contribution in [2.75, 3.05) is 0 Å². The SMILES string of the molecule is N#Cc1ccc(CC(c2cccc3[nH]ccc23)n2ccnn2)cc1. The summed E-state index contributed by atoms with van der Waals surface area (Å²) >= 11 is 0. The van der Waals surface area contributed by atoms with Crippen LogP contribution >= 0.6 is 0 Å². The van der Waals surface area contributed by atoms with Gasteiger partial charge in [-0.25, -0.2) is 4.68 Å². The molecule has 5 nitrogen and oxygen atoms in total. The van der Waals surface area contributed by atoms with Gasteiger partial charge in [-0.05, 0) is 41.8 Å². The standard InChI is InChI=1S/C19H15N5/c20-13-15-6-4-14(5-7-15)12-19(24-11-10-22-23-24)17-2-1-3-18-16(17)8-9-21-18/h1-11,19,21H,12H2. The largest absolute Gasteiger partial charge is 0.361 e. The predicted molar refractivity (Wildman–Crippen MR) is 91.3 cm³/mol. The van der Waals surface area contributed by atoms with Crippen molar-refractivity contribution in [1.82, 2.24) is 20.0 Å². The molecule has 4 rings (SSSR count). The van der Waals surface area contributed by atoms with Crippen LogP contribution in [-0.2, 0) is 6.42 Å². The molecule has 2 heterocycles. The van der Waals surface area contributed by atoms with Gasteiger partial charge in [0.2, 0.25) is 0 Å². The van der Waals surface area contributed by atoms with E-state index < -0.39 is 0 Å². The number of benzene rings is 2. The normalized spacial score (nSPS) is 12.1. The molecule has 2 aromatic heterocycles. The molecule has 116 valence electrons.